The van der Waals surface area contributed by atoms with Crippen molar-refractivity contribution in [3.05, 3.63) is 36.4 Å². The largest absolute Gasteiger partial charge is 0.423 e. The van der Waals surface area contributed by atoms with Crippen molar-refractivity contribution in [1.29, 1.82) is 0 Å². The molecule has 0 fully saturated rings. The summed E-state index contributed by atoms with van der Waals surface area (Å²) in [5.74, 6) is 0. The molecule has 0 aliphatic carbocycles. The Labute approximate surface area is 159 Å². The van der Waals surface area contributed by atoms with Gasteiger partial charge in [0.25, 0.3) is 0 Å². The van der Waals surface area contributed by atoms with Crippen molar-refractivity contribution in [2.75, 3.05) is 13.2 Å². The summed E-state index contributed by atoms with van der Waals surface area (Å²) >= 11 is 0. The van der Waals surface area contributed by atoms with Crippen LogP contribution in [0.3, 0.4) is 0 Å². The molecule has 25 heavy (non-hydrogen) atoms. The first kappa shape index (κ1) is 22.5. The van der Waals surface area contributed by atoms with Gasteiger partial charge in [0.05, 0.1) is 6.10 Å². The minimum atomic E-state index is -1.46. The summed E-state index contributed by atoms with van der Waals surface area (Å²) in [7, 11) is -4.20. The molecule has 1 unspecified atom stereocenters. The molecule has 1 atom stereocenters. The fourth-order valence-corrected chi connectivity index (χ4v) is 14.3. The molecule has 1 radical (unpaired) electrons. The maximum atomic E-state index is 6.43. The Kier molecular flexibility index (Phi) is 8.50. The first-order valence-corrected chi connectivity index (χ1v) is 17.4. The van der Waals surface area contributed by atoms with Crippen LogP contribution in [0.5, 0.6) is 0 Å². The Hall–Kier alpha value is -0.509. The van der Waals surface area contributed by atoms with Crippen molar-refractivity contribution >= 4 is 37.0 Å². The number of nitrogens with zero attached hydrogens (tertiary/aromatic N) is 1. The van der Waals surface area contributed by atoms with Gasteiger partial charge >= 0.3 is 9.28 Å². The zero-order chi connectivity index (χ0) is 19.3. The van der Waals surface area contributed by atoms with Gasteiger partial charge in [0.2, 0.25) is 0 Å². The Bertz CT molecular complexity index is 521. The van der Waals surface area contributed by atoms with Gasteiger partial charge in [0, 0.05) is 13.2 Å². The van der Waals surface area contributed by atoms with Gasteiger partial charge in [-0.15, -0.1) is 0 Å². The Morgan fingerprint density at radius 1 is 1.08 bits per heavy atom. The number of rotatable bonds is 10. The van der Waals surface area contributed by atoms with E-state index < -0.39 is 25.8 Å². The van der Waals surface area contributed by atoms with Crippen LogP contribution < -0.4 is 5.19 Å². The SMILES string of the molecule is C=Cc1ccc([Si](OCC)OC(C)CN([Si](C)(C)C)[Si](C)(C)C)cc1. The van der Waals surface area contributed by atoms with Crippen LogP contribution in [0.2, 0.25) is 39.3 Å². The van der Waals surface area contributed by atoms with E-state index in [-0.39, 0.29) is 6.10 Å². The third-order valence-electron chi connectivity index (χ3n) is 4.02. The average molecular weight is 395 g/mol. The van der Waals surface area contributed by atoms with E-state index in [0.29, 0.717) is 6.61 Å². The van der Waals surface area contributed by atoms with Crippen molar-refractivity contribution in [3.63, 3.8) is 0 Å². The van der Waals surface area contributed by atoms with Crippen LogP contribution in [0.15, 0.2) is 30.8 Å². The second kappa shape index (κ2) is 9.43. The van der Waals surface area contributed by atoms with E-state index >= 15 is 0 Å². The number of benzene rings is 1. The molecular weight excluding hydrogens is 358 g/mol. The standard InChI is InChI=1S/C19H36NO2Si3/c1-10-18-12-14-19(15-13-18)23(21-11-2)22-17(3)16-20(24(4,5)6)25(7,8)9/h10,12-15,17H,1,11,16H2,2-9H3. The second-order valence-corrected chi connectivity index (χ2v) is 20.3. The molecule has 141 valence electrons. The molecule has 0 saturated carbocycles. The van der Waals surface area contributed by atoms with Crippen molar-refractivity contribution in [2.24, 2.45) is 0 Å². The molecule has 0 bridgehead atoms. The van der Waals surface area contributed by atoms with Gasteiger partial charge in [-0.1, -0.05) is 76.2 Å². The smallest absolute Gasteiger partial charge is 0.390 e. The van der Waals surface area contributed by atoms with Crippen molar-refractivity contribution in [1.82, 2.24) is 4.23 Å². The lowest BCUT2D eigenvalue weighted by Gasteiger charge is -2.45. The summed E-state index contributed by atoms with van der Waals surface area (Å²) in [5.41, 5.74) is 1.12. The van der Waals surface area contributed by atoms with Gasteiger partial charge in [0.15, 0.2) is 0 Å². The summed E-state index contributed by atoms with van der Waals surface area (Å²) in [6.45, 7) is 24.3. The number of hydrogen-bond donors (Lipinski definition) is 0. The summed E-state index contributed by atoms with van der Waals surface area (Å²) in [5, 5.41) is 1.16. The van der Waals surface area contributed by atoms with Gasteiger partial charge in [-0.3, -0.25) is 0 Å². The van der Waals surface area contributed by atoms with Crippen LogP contribution in [0.25, 0.3) is 6.08 Å². The lowest BCUT2D eigenvalue weighted by molar-refractivity contribution is 0.150. The highest BCUT2D eigenvalue weighted by molar-refractivity contribution is 6.89. The Morgan fingerprint density at radius 3 is 2.00 bits per heavy atom. The zero-order valence-corrected chi connectivity index (χ0v) is 20.3. The van der Waals surface area contributed by atoms with Gasteiger partial charge in [0.1, 0.15) is 16.5 Å². The molecule has 0 amide bonds. The predicted molar refractivity (Wildman–Crippen MR) is 117 cm³/mol. The predicted octanol–water partition coefficient (Wildman–Crippen LogP) is 4.44. The lowest BCUT2D eigenvalue weighted by Crippen LogP contribution is -2.61. The molecule has 1 rings (SSSR count). The molecule has 3 nitrogen and oxygen atoms in total. The molecule has 0 N–H and O–H groups in total. The molecular formula is C19H36NO2Si3. The van der Waals surface area contributed by atoms with Crippen LogP contribution >= 0.6 is 0 Å². The van der Waals surface area contributed by atoms with E-state index in [2.05, 4.69) is 81.3 Å². The fraction of sp³-hybridized carbons (Fsp3) is 0.579. The van der Waals surface area contributed by atoms with E-state index in [9.17, 15) is 0 Å². The average Bonchev–Trinajstić information content (AvgIpc) is 2.50. The molecule has 0 aliphatic heterocycles. The van der Waals surface area contributed by atoms with Gasteiger partial charge in [-0.25, -0.2) is 0 Å². The molecule has 0 spiro atoms. The monoisotopic (exact) mass is 394 g/mol. The van der Waals surface area contributed by atoms with Crippen LogP contribution in [0.1, 0.15) is 19.4 Å². The molecule has 6 heteroatoms. The summed E-state index contributed by atoms with van der Waals surface area (Å²) in [6, 6.07) is 8.39. The van der Waals surface area contributed by atoms with Crippen molar-refractivity contribution in [3.8, 4) is 0 Å². The fourth-order valence-electron chi connectivity index (χ4n) is 3.10. The first-order chi connectivity index (χ1) is 11.5. The highest BCUT2D eigenvalue weighted by Gasteiger charge is 2.36. The molecule has 1 aromatic rings. The minimum absolute atomic E-state index is 0.165. The molecule has 0 aromatic heterocycles. The molecule has 1 aromatic carbocycles. The van der Waals surface area contributed by atoms with E-state index in [1.54, 1.807) is 0 Å². The van der Waals surface area contributed by atoms with E-state index in [1.807, 2.05) is 13.0 Å². The minimum Gasteiger partial charge on any atom is -0.390 e. The van der Waals surface area contributed by atoms with Crippen LogP contribution in [0.4, 0.5) is 0 Å². The summed E-state index contributed by atoms with van der Waals surface area (Å²) < 4.78 is 15.2. The highest BCUT2D eigenvalue weighted by Crippen LogP contribution is 2.20. The third kappa shape index (κ3) is 7.32. The van der Waals surface area contributed by atoms with Crippen molar-refractivity contribution in [2.45, 2.75) is 59.2 Å². The lowest BCUT2D eigenvalue weighted by atomic mass is 10.2. The normalized spacial score (nSPS) is 14.2. The van der Waals surface area contributed by atoms with Gasteiger partial charge in [-0.05, 0) is 24.6 Å². The first-order valence-electron chi connectivity index (χ1n) is 9.16. The van der Waals surface area contributed by atoms with E-state index in [4.69, 9.17) is 8.85 Å². The molecule has 0 aliphatic rings. The summed E-state index contributed by atoms with van der Waals surface area (Å²) in [4.78, 5) is 0. The second-order valence-electron chi connectivity index (χ2n) is 8.43. The Balaban J connectivity index is 2.87. The van der Waals surface area contributed by atoms with Crippen LogP contribution in [-0.4, -0.2) is 49.2 Å². The van der Waals surface area contributed by atoms with Gasteiger partial charge in [-0.2, -0.15) is 0 Å². The topological polar surface area (TPSA) is 21.7 Å². The summed E-state index contributed by atoms with van der Waals surface area (Å²) in [6.07, 6.45) is 2.03. The quantitative estimate of drug-likeness (QED) is 0.548. The Morgan fingerprint density at radius 2 is 1.60 bits per heavy atom. The van der Waals surface area contributed by atoms with Gasteiger partial charge < -0.3 is 13.1 Å². The zero-order valence-electron chi connectivity index (χ0n) is 17.3. The maximum Gasteiger partial charge on any atom is 0.423 e. The maximum absolute atomic E-state index is 6.43. The van der Waals surface area contributed by atoms with Crippen LogP contribution in [-0.2, 0) is 8.85 Å². The third-order valence-corrected chi connectivity index (χ3v) is 13.6. The van der Waals surface area contributed by atoms with Crippen LogP contribution in [0, 0.1) is 0 Å². The molecule has 0 saturated heterocycles. The van der Waals surface area contributed by atoms with E-state index in [0.717, 1.165) is 17.3 Å². The van der Waals surface area contributed by atoms with E-state index in [1.165, 1.54) is 0 Å². The van der Waals surface area contributed by atoms with Crippen molar-refractivity contribution < 1.29 is 8.85 Å². The molecule has 0 heterocycles. The highest BCUT2D eigenvalue weighted by atomic mass is 28.4. The number of hydrogen-bond acceptors (Lipinski definition) is 3.